The number of aromatic amines is 1. The van der Waals surface area contributed by atoms with Crippen LogP contribution in [0.2, 0.25) is 0 Å². The topological polar surface area (TPSA) is 54.7 Å². The Morgan fingerprint density at radius 1 is 1.12 bits per heavy atom. The Balaban J connectivity index is 2.25. The Morgan fingerprint density at radius 2 is 1.94 bits per heavy atom. The number of oxazole rings is 1. The summed E-state index contributed by atoms with van der Waals surface area (Å²) in [6, 6.07) is 6.07. The Hall–Kier alpha value is -2.10. The maximum Gasteiger partial charge on any atom is 0.192 e. The van der Waals surface area contributed by atoms with Crippen molar-refractivity contribution in [3.63, 3.8) is 0 Å². The third kappa shape index (κ3) is 1.53. The first-order valence-corrected chi connectivity index (χ1v) is 5.55. The number of aromatic nitrogens is 3. The van der Waals surface area contributed by atoms with Crippen molar-refractivity contribution in [2.45, 2.75) is 20.8 Å². The van der Waals surface area contributed by atoms with Crippen LogP contribution < -0.4 is 0 Å². The van der Waals surface area contributed by atoms with Gasteiger partial charge in [0, 0.05) is 6.92 Å². The predicted octanol–water partition coefficient (Wildman–Crippen LogP) is 3.14. The largest absolute Gasteiger partial charge is 0.437 e. The standard InChI is InChI=1S/C13H13N3O/c1-7-5-4-6-10-11(7)16-13(15-10)12-8(2)14-9(3)17-12/h4-6H,1-3H3,(H,15,16). The molecule has 0 bridgehead atoms. The normalized spacial score (nSPS) is 11.2. The van der Waals surface area contributed by atoms with E-state index >= 15 is 0 Å². The van der Waals surface area contributed by atoms with Crippen molar-refractivity contribution in [1.29, 1.82) is 0 Å². The van der Waals surface area contributed by atoms with Gasteiger partial charge in [-0.05, 0) is 25.5 Å². The summed E-state index contributed by atoms with van der Waals surface area (Å²) in [4.78, 5) is 12.1. The van der Waals surface area contributed by atoms with Gasteiger partial charge in [0.05, 0.1) is 16.7 Å². The molecular formula is C13H13N3O. The van der Waals surface area contributed by atoms with Gasteiger partial charge in [-0.3, -0.25) is 0 Å². The number of nitrogens with one attached hydrogen (secondary N) is 1. The fraction of sp³-hybridized carbons (Fsp3) is 0.231. The van der Waals surface area contributed by atoms with E-state index in [0.29, 0.717) is 5.89 Å². The monoisotopic (exact) mass is 227 g/mol. The van der Waals surface area contributed by atoms with E-state index < -0.39 is 0 Å². The van der Waals surface area contributed by atoms with Crippen LogP contribution in [0.25, 0.3) is 22.6 Å². The summed E-state index contributed by atoms with van der Waals surface area (Å²) in [7, 11) is 0. The molecule has 0 spiro atoms. The minimum Gasteiger partial charge on any atom is -0.437 e. The van der Waals surface area contributed by atoms with Gasteiger partial charge in [0.25, 0.3) is 0 Å². The molecule has 1 aromatic carbocycles. The van der Waals surface area contributed by atoms with Crippen molar-refractivity contribution < 1.29 is 4.42 Å². The Morgan fingerprint density at radius 3 is 2.59 bits per heavy atom. The number of imidazole rings is 1. The summed E-state index contributed by atoms with van der Waals surface area (Å²) in [5, 5.41) is 0. The van der Waals surface area contributed by atoms with Crippen LogP contribution in [0.15, 0.2) is 22.6 Å². The minimum atomic E-state index is 0.662. The first kappa shape index (κ1) is 10.1. The van der Waals surface area contributed by atoms with E-state index in [1.165, 1.54) is 0 Å². The smallest absolute Gasteiger partial charge is 0.192 e. The molecule has 1 N–H and O–H groups in total. The van der Waals surface area contributed by atoms with Gasteiger partial charge in [-0.15, -0.1) is 0 Å². The number of hydrogen-bond acceptors (Lipinski definition) is 3. The maximum absolute atomic E-state index is 5.56. The van der Waals surface area contributed by atoms with Gasteiger partial charge in [-0.1, -0.05) is 12.1 Å². The van der Waals surface area contributed by atoms with Gasteiger partial charge in [-0.25, -0.2) is 9.97 Å². The van der Waals surface area contributed by atoms with E-state index in [4.69, 9.17) is 4.42 Å². The van der Waals surface area contributed by atoms with Crippen LogP contribution in [0.4, 0.5) is 0 Å². The molecule has 0 saturated heterocycles. The average Bonchev–Trinajstić information content (AvgIpc) is 2.82. The van der Waals surface area contributed by atoms with E-state index in [2.05, 4.69) is 15.0 Å². The highest BCUT2D eigenvalue weighted by atomic mass is 16.4. The van der Waals surface area contributed by atoms with Gasteiger partial charge < -0.3 is 9.40 Å². The van der Waals surface area contributed by atoms with Gasteiger partial charge >= 0.3 is 0 Å². The van der Waals surface area contributed by atoms with E-state index in [0.717, 1.165) is 33.9 Å². The lowest BCUT2D eigenvalue weighted by Crippen LogP contribution is -1.80. The number of hydrogen-bond donors (Lipinski definition) is 1. The molecule has 0 aliphatic heterocycles. The highest BCUT2D eigenvalue weighted by Crippen LogP contribution is 2.25. The summed E-state index contributed by atoms with van der Waals surface area (Å²) in [6.07, 6.45) is 0. The van der Waals surface area contributed by atoms with Crippen molar-refractivity contribution in [3.05, 3.63) is 35.3 Å². The van der Waals surface area contributed by atoms with E-state index in [1.54, 1.807) is 0 Å². The molecule has 0 aliphatic rings. The predicted molar refractivity (Wildman–Crippen MR) is 65.8 cm³/mol. The SMILES string of the molecule is Cc1nc(C)c(-c2nc3c(C)cccc3[nH]2)o1. The zero-order valence-electron chi connectivity index (χ0n) is 10.0. The number of benzene rings is 1. The highest BCUT2D eigenvalue weighted by molar-refractivity contribution is 5.81. The molecule has 86 valence electrons. The molecule has 0 radical (unpaired) electrons. The Bertz CT molecular complexity index is 694. The lowest BCUT2D eigenvalue weighted by Gasteiger charge is -1.90. The molecule has 0 amide bonds. The zero-order valence-corrected chi connectivity index (χ0v) is 10.0. The zero-order chi connectivity index (χ0) is 12.0. The minimum absolute atomic E-state index is 0.662. The molecule has 0 atom stereocenters. The molecule has 17 heavy (non-hydrogen) atoms. The number of rotatable bonds is 1. The molecule has 4 heteroatoms. The first-order valence-electron chi connectivity index (χ1n) is 5.55. The number of fused-ring (bicyclic) bond motifs is 1. The lowest BCUT2D eigenvalue weighted by atomic mass is 10.2. The van der Waals surface area contributed by atoms with Crippen LogP contribution in [0, 0.1) is 20.8 Å². The molecule has 3 rings (SSSR count). The number of aryl methyl sites for hydroxylation is 3. The van der Waals surface area contributed by atoms with Crippen molar-refractivity contribution in [2.24, 2.45) is 0 Å². The molecular weight excluding hydrogens is 214 g/mol. The van der Waals surface area contributed by atoms with Crippen LogP contribution in [0.1, 0.15) is 17.1 Å². The average molecular weight is 227 g/mol. The van der Waals surface area contributed by atoms with Gasteiger partial charge in [0.2, 0.25) is 0 Å². The van der Waals surface area contributed by atoms with Crippen molar-refractivity contribution >= 4 is 11.0 Å². The van der Waals surface area contributed by atoms with E-state index in [9.17, 15) is 0 Å². The third-order valence-electron chi connectivity index (χ3n) is 2.83. The summed E-state index contributed by atoms with van der Waals surface area (Å²) in [5.74, 6) is 2.13. The quantitative estimate of drug-likeness (QED) is 0.694. The van der Waals surface area contributed by atoms with Crippen LogP contribution >= 0.6 is 0 Å². The first-order chi connectivity index (χ1) is 8.15. The molecule has 0 saturated carbocycles. The molecule has 2 aromatic heterocycles. The third-order valence-corrected chi connectivity index (χ3v) is 2.83. The second-order valence-electron chi connectivity index (χ2n) is 4.20. The second-order valence-corrected chi connectivity index (χ2v) is 4.20. The molecule has 4 nitrogen and oxygen atoms in total. The molecule has 0 unspecified atom stereocenters. The Labute approximate surface area is 98.7 Å². The highest BCUT2D eigenvalue weighted by Gasteiger charge is 2.14. The van der Waals surface area contributed by atoms with Crippen LogP contribution in [-0.4, -0.2) is 15.0 Å². The summed E-state index contributed by atoms with van der Waals surface area (Å²) >= 11 is 0. The van der Waals surface area contributed by atoms with E-state index in [-0.39, 0.29) is 0 Å². The van der Waals surface area contributed by atoms with Gasteiger partial charge in [0.1, 0.15) is 0 Å². The second kappa shape index (κ2) is 3.45. The molecule has 0 aliphatic carbocycles. The Kier molecular flexibility index (Phi) is 2.04. The summed E-state index contributed by atoms with van der Waals surface area (Å²) in [5.41, 5.74) is 4.02. The number of nitrogens with zero attached hydrogens (tertiary/aromatic N) is 2. The van der Waals surface area contributed by atoms with Crippen LogP contribution in [0.3, 0.4) is 0 Å². The van der Waals surface area contributed by atoms with Crippen molar-refractivity contribution in [2.75, 3.05) is 0 Å². The lowest BCUT2D eigenvalue weighted by molar-refractivity contribution is 0.531. The van der Waals surface area contributed by atoms with Gasteiger partial charge in [-0.2, -0.15) is 0 Å². The van der Waals surface area contributed by atoms with Crippen LogP contribution in [-0.2, 0) is 0 Å². The van der Waals surface area contributed by atoms with Crippen LogP contribution in [0.5, 0.6) is 0 Å². The van der Waals surface area contributed by atoms with Crippen molar-refractivity contribution in [3.8, 4) is 11.6 Å². The van der Waals surface area contributed by atoms with Gasteiger partial charge in [0.15, 0.2) is 17.5 Å². The molecule has 3 aromatic rings. The fourth-order valence-corrected chi connectivity index (χ4v) is 2.03. The van der Waals surface area contributed by atoms with Crippen molar-refractivity contribution in [1.82, 2.24) is 15.0 Å². The fourth-order valence-electron chi connectivity index (χ4n) is 2.03. The maximum atomic E-state index is 5.56. The number of H-pyrrole nitrogens is 1. The summed E-state index contributed by atoms with van der Waals surface area (Å²) < 4.78 is 5.56. The number of para-hydroxylation sites is 1. The molecule has 2 heterocycles. The summed E-state index contributed by atoms with van der Waals surface area (Å²) in [6.45, 7) is 5.81. The molecule has 0 fully saturated rings. The van der Waals surface area contributed by atoms with E-state index in [1.807, 2.05) is 39.0 Å².